The molecule has 0 bridgehead atoms. The summed E-state index contributed by atoms with van der Waals surface area (Å²) >= 11 is 0. The van der Waals surface area contributed by atoms with Gasteiger partial charge in [0.1, 0.15) is 11.8 Å². The minimum absolute atomic E-state index is 0.0314. The van der Waals surface area contributed by atoms with Crippen LogP contribution in [0.2, 0.25) is 0 Å². The van der Waals surface area contributed by atoms with Crippen molar-refractivity contribution in [1.82, 2.24) is 15.1 Å². The van der Waals surface area contributed by atoms with Gasteiger partial charge in [-0.15, -0.1) is 0 Å². The van der Waals surface area contributed by atoms with Gasteiger partial charge in [0.2, 0.25) is 5.91 Å². The summed E-state index contributed by atoms with van der Waals surface area (Å²) in [6.07, 6.45) is -9.21. The molecule has 0 radical (unpaired) electrons. The number of benzene rings is 1. The SMILES string of the molecule is CC(C)[C@@H](CN1CCC(C(F)(F)F)CC1)NC(=O)[C@H]1Cc2ccc(O)cc2CN1C(F)(F)F. The van der Waals surface area contributed by atoms with Crippen molar-refractivity contribution in [3.05, 3.63) is 29.3 Å². The van der Waals surface area contributed by atoms with Crippen LogP contribution in [0.15, 0.2) is 18.2 Å². The van der Waals surface area contributed by atoms with Crippen LogP contribution in [0.25, 0.3) is 0 Å². The number of likely N-dealkylation sites (tertiary alicyclic amines) is 1. The van der Waals surface area contributed by atoms with E-state index in [0.717, 1.165) is 0 Å². The Morgan fingerprint density at radius 3 is 2.30 bits per heavy atom. The lowest BCUT2D eigenvalue weighted by atomic mass is 9.92. The maximum absolute atomic E-state index is 13.7. The molecule has 3 rings (SSSR count). The summed E-state index contributed by atoms with van der Waals surface area (Å²) < 4.78 is 79.9. The highest BCUT2D eigenvalue weighted by Gasteiger charge is 2.47. The van der Waals surface area contributed by atoms with Crippen LogP contribution in [-0.2, 0) is 17.8 Å². The maximum atomic E-state index is 13.7. The number of hydrogen-bond acceptors (Lipinski definition) is 4. The zero-order chi connectivity index (χ0) is 24.6. The average Bonchev–Trinajstić information content (AvgIpc) is 2.71. The van der Waals surface area contributed by atoms with Crippen molar-refractivity contribution >= 4 is 5.91 Å². The van der Waals surface area contributed by atoms with E-state index in [-0.39, 0.29) is 55.5 Å². The fraction of sp³-hybridized carbons (Fsp3) is 0.682. The van der Waals surface area contributed by atoms with Gasteiger partial charge in [-0.05, 0) is 61.5 Å². The Labute approximate surface area is 188 Å². The molecule has 0 aromatic heterocycles. The molecule has 2 aliphatic rings. The van der Waals surface area contributed by atoms with Crippen molar-refractivity contribution < 1.29 is 36.2 Å². The Morgan fingerprint density at radius 1 is 1.12 bits per heavy atom. The first-order chi connectivity index (χ1) is 15.3. The van der Waals surface area contributed by atoms with Crippen LogP contribution in [0.5, 0.6) is 5.75 Å². The smallest absolute Gasteiger partial charge is 0.460 e. The van der Waals surface area contributed by atoms with Crippen molar-refractivity contribution in [3.8, 4) is 5.75 Å². The number of amides is 1. The highest BCUT2D eigenvalue weighted by molar-refractivity contribution is 5.83. The number of fused-ring (bicyclic) bond motifs is 1. The summed E-state index contributed by atoms with van der Waals surface area (Å²) in [6, 6.07) is 2.18. The van der Waals surface area contributed by atoms with E-state index >= 15 is 0 Å². The summed E-state index contributed by atoms with van der Waals surface area (Å²) in [5, 5.41) is 12.3. The fourth-order valence-electron chi connectivity index (χ4n) is 4.49. The Kier molecular flexibility index (Phi) is 7.52. The van der Waals surface area contributed by atoms with E-state index in [1.807, 2.05) is 18.7 Å². The molecule has 1 fully saturated rings. The predicted molar refractivity (Wildman–Crippen MR) is 109 cm³/mol. The molecule has 2 N–H and O–H groups in total. The molecule has 5 nitrogen and oxygen atoms in total. The fourth-order valence-corrected chi connectivity index (χ4v) is 4.49. The van der Waals surface area contributed by atoms with Gasteiger partial charge in [0, 0.05) is 19.1 Å². The molecule has 11 heteroatoms. The number of hydrogen-bond donors (Lipinski definition) is 2. The average molecular weight is 481 g/mol. The number of piperidine rings is 1. The number of rotatable bonds is 5. The Bertz CT molecular complexity index is 834. The normalized spacial score (nSPS) is 22.3. The second kappa shape index (κ2) is 9.69. The van der Waals surface area contributed by atoms with Gasteiger partial charge >= 0.3 is 12.5 Å². The van der Waals surface area contributed by atoms with Crippen LogP contribution < -0.4 is 5.32 Å². The molecule has 1 saturated heterocycles. The van der Waals surface area contributed by atoms with Crippen molar-refractivity contribution in [2.75, 3.05) is 19.6 Å². The number of halogens is 6. The van der Waals surface area contributed by atoms with E-state index in [4.69, 9.17) is 0 Å². The molecule has 2 aliphatic heterocycles. The van der Waals surface area contributed by atoms with E-state index in [9.17, 15) is 36.2 Å². The van der Waals surface area contributed by atoms with E-state index in [0.29, 0.717) is 11.1 Å². The topological polar surface area (TPSA) is 55.8 Å². The van der Waals surface area contributed by atoms with Crippen molar-refractivity contribution in [2.24, 2.45) is 11.8 Å². The summed E-state index contributed by atoms with van der Waals surface area (Å²) in [7, 11) is 0. The molecule has 1 amide bonds. The Morgan fingerprint density at radius 2 is 1.76 bits per heavy atom. The van der Waals surface area contributed by atoms with E-state index < -0.39 is 42.9 Å². The number of nitrogens with zero attached hydrogens (tertiary/aromatic N) is 2. The lowest BCUT2D eigenvalue weighted by molar-refractivity contribution is -0.262. The third-order valence-corrected chi connectivity index (χ3v) is 6.59. The lowest BCUT2D eigenvalue weighted by Gasteiger charge is -2.39. The summed E-state index contributed by atoms with van der Waals surface area (Å²) in [5.41, 5.74) is 0.869. The standard InChI is InChI=1S/C22H29F6N3O2/c1-13(2)18(12-30-7-5-16(6-8-30)21(23,24)25)29-20(33)19-10-14-3-4-17(32)9-15(14)11-31(19)22(26,27)28/h3-4,9,13,16,18-19,32H,5-8,10-12H2,1-2H3,(H,29,33)/t18-,19-/m1/s1. The Hall–Kier alpha value is -2.01. The molecule has 0 aliphatic carbocycles. The lowest BCUT2D eigenvalue weighted by Crippen LogP contribution is -2.59. The number of phenols is 1. The van der Waals surface area contributed by atoms with Gasteiger partial charge in [-0.1, -0.05) is 19.9 Å². The first-order valence-electron chi connectivity index (χ1n) is 11.0. The molecule has 0 saturated carbocycles. The number of alkyl halides is 6. The first kappa shape index (κ1) is 25.6. The molecule has 0 spiro atoms. The number of aromatic hydroxyl groups is 1. The van der Waals surface area contributed by atoms with Crippen molar-refractivity contribution in [2.45, 2.75) is 64.2 Å². The van der Waals surface area contributed by atoms with Crippen molar-refractivity contribution in [1.29, 1.82) is 0 Å². The monoisotopic (exact) mass is 481 g/mol. The van der Waals surface area contributed by atoms with Gasteiger partial charge in [-0.3, -0.25) is 4.79 Å². The van der Waals surface area contributed by atoms with E-state index in [1.54, 1.807) is 0 Å². The van der Waals surface area contributed by atoms with Crippen LogP contribution in [0, 0.1) is 11.8 Å². The van der Waals surface area contributed by atoms with Gasteiger partial charge in [0.25, 0.3) is 0 Å². The Balaban J connectivity index is 1.69. The zero-order valence-electron chi connectivity index (χ0n) is 18.5. The molecule has 1 aromatic rings. The van der Waals surface area contributed by atoms with Crippen LogP contribution >= 0.6 is 0 Å². The second-order valence-electron chi connectivity index (χ2n) is 9.24. The highest BCUT2D eigenvalue weighted by Crippen LogP contribution is 2.35. The van der Waals surface area contributed by atoms with Crippen LogP contribution in [0.4, 0.5) is 26.3 Å². The number of carbonyl (C=O) groups is 1. The zero-order valence-corrected chi connectivity index (χ0v) is 18.5. The van der Waals surface area contributed by atoms with Crippen LogP contribution in [-0.4, -0.2) is 65.0 Å². The molecule has 0 unspecified atom stereocenters. The number of carbonyl (C=O) groups excluding carboxylic acids is 1. The van der Waals surface area contributed by atoms with Gasteiger partial charge in [-0.25, -0.2) is 0 Å². The molecule has 1 aromatic carbocycles. The van der Waals surface area contributed by atoms with E-state index in [1.165, 1.54) is 18.2 Å². The largest absolute Gasteiger partial charge is 0.508 e. The third-order valence-electron chi connectivity index (χ3n) is 6.59. The van der Waals surface area contributed by atoms with E-state index in [2.05, 4.69) is 5.32 Å². The quantitative estimate of drug-likeness (QED) is 0.492. The van der Waals surface area contributed by atoms with Crippen LogP contribution in [0.1, 0.15) is 37.8 Å². The maximum Gasteiger partial charge on any atom is 0.460 e. The molecular weight excluding hydrogens is 452 g/mol. The van der Waals surface area contributed by atoms with Crippen molar-refractivity contribution in [3.63, 3.8) is 0 Å². The number of phenolic OH excluding ortho intramolecular Hbond substituents is 1. The van der Waals surface area contributed by atoms with Gasteiger partial charge < -0.3 is 15.3 Å². The van der Waals surface area contributed by atoms with Gasteiger partial charge in [0.15, 0.2) is 0 Å². The first-order valence-corrected chi connectivity index (χ1v) is 11.0. The second-order valence-corrected chi connectivity index (χ2v) is 9.24. The van der Waals surface area contributed by atoms with Gasteiger partial charge in [-0.2, -0.15) is 31.2 Å². The molecular formula is C22H29F6N3O2. The summed E-state index contributed by atoms with van der Waals surface area (Å²) in [4.78, 5) is 15.0. The molecule has 2 atom stereocenters. The minimum Gasteiger partial charge on any atom is -0.508 e. The van der Waals surface area contributed by atoms with Gasteiger partial charge in [0.05, 0.1) is 5.92 Å². The van der Waals surface area contributed by atoms with Crippen LogP contribution in [0.3, 0.4) is 0 Å². The molecule has 186 valence electrons. The summed E-state index contributed by atoms with van der Waals surface area (Å²) in [6.45, 7) is 3.79. The summed E-state index contributed by atoms with van der Waals surface area (Å²) in [5.74, 6) is -2.38. The predicted octanol–water partition coefficient (Wildman–Crippen LogP) is 4.05. The molecule has 2 heterocycles. The number of nitrogens with one attached hydrogen (secondary N) is 1. The highest BCUT2D eigenvalue weighted by atomic mass is 19.4. The minimum atomic E-state index is -4.75. The third kappa shape index (κ3) is 6.32. The molecule has 33 heavy (non-hydrogen) atoms.